The number of esters is 1. The molecule has 84 valence electrons. The second kappa shape index (κ2) is 5.75. The Morgan fingerprint density at radius 2 is 2.19 bits per heavy atom. The van der Waals surface area contributed by atoms with Gasteiger partial charge in [-0.15, -0.1) is 0 Å². The summed E-state index contributed by atoms with van der Waals surface area (Å²) in [5.41, 5.74) is 9.09. The van der Waals surface area contributed by atoms with Crippen molar-refractivity contribution >= 4 is 5.97 Å². The number of hydrogen-bond acceptors (Lipinski definition) is 4. The molecule has 0 radical (unpaired) electrons. The van der Waals surface area contributed by atoms with E-state index in [4.69, 9.17) is 5.53 Å². The van der Waals surface area contributed by atoms with E-state index in [2.05, 4.69) is 14.8 Å². The Labute approximate surface area is 92.1 Å². The highest BCUT2D eigenvalue weighted by Gasteiger charge is 2.08. The number of carbonyl (C=O) groups excluding carboxylic acids is 1. The zero-order valence-electron chi connectivity index (χ0n) is 8.70. The number of nitrogens with zero attached hydrogens (tertiary/aromatic N) is 3. The molecular weight excluding hydrogens is 210 g/mol. The average Bonchev–Trinajstić information content (AvgIpc) is 2.35. The third kappa shape index (κ3) is 2.98. The highest BCUT2D eigenvalue weighted by molar-refractivity contribution is 5.89. The minimum Gasteiger partial charge on any atom is -0.465 e. The first-order chi connectivity index (χ1) is 7.69. The lowest BCUT2D eigenvalue weighted by Gasteiger charge is -2.07. The normalized spacial score (nSPS) is 11.4. The molecule has 16 heavy (non-hydrogen) atoms. The van der Waals surface area contributed by atoms with Crippen molar-refractivity contribution in [2.24, 2.45) is 5.11 Å². The van der Waals surface area contributed by atoms with E-state index in [0.29, 0.717) is 11.1 Å². The van der Waals surface area contributed by atoms with E-state index in [1.54, 1.807) is 24.3 Å². The second-order valence-electron chi connectivity index (χ2n) is 3.04. The van der Waals surface area contributed by atoms with Crippen LogP contribution in [0.5, 0.6) is 0 Å². The Morgan fingerprint density at radius 1 is 1.56 bits per heavy atom. The molecule has 0 bridgehead atoms. The van der Waals surface area contributed by atoms with Gasteiger partial charge in [-0.2, -0.15) is 0 Å². The molecule has 0 heterocycles. The summed E-state index contributed by atoms with van der Waals surface area (Å²) in [6.45, 7) is -0.0337. The van der Waals surface area contributed by atoms with Crippen molar-refractivity contribution in [2.75, 3.05) is 13.7 Å². The lowest BCUT2D eigenvalue weighted by atomic mass is 10.1. The van der Waals surface area contributed by atoms with E-state index in [9.17, 15) is 9.90 Å². The SMILES string of the molecule is COC(=O)c1ccc(C(O)CN=[N+]=[N-])cc1. The van der Waals surface area contributed by atoms with Crippen molar-refractivity contribution in [3.63, 3.8) is 0 Å². The molecule has 0 aromatic heterocycles. The molecule has 0 aliphatic heterocycles. The fourth-order valence-corrected chi connectivity index (χ4v) is 1.18. The minimum atomic E-state index is -0.859. The van der Waals surface area contributed by atoms with Gasteiger partial charge in [-0.05, 0) is 23.2 Å². The number of hydrogen-bond donors (Lipinski definition) is 1. The van der Waals surface area contributed by atoms with Crippen LogP contribution in [0.25, 0.3) is 10.4 Å². The predicted octanol–water partition coefficient (Wildman–Crippen LogP) is 1.82. The van der Waals surface area contributed by atoms with Crippen LogP contribution < -0.4 is 0 Å². The van der Waals surface area contributed by atoms with E-state index < -0.39 is 12.1 Å². The number of aliphatic hydroxyl groups excluding tert-OH is 1. The van der Waals surface area contributed by atoms with Crippen LogP contribution in [-0.4, -0.2) is 24.7 Å². The van der Waals surface area contributed by atoms with Crippen LogP contribution in [0.2, 0.25) is 0 Å². The minimum absolute atomic E-state index is 0.0337. The van der Waals surface area contributed by atoms with Gasteiger partial charge in [-0.1, -0.05) is 17.2 Å². The van der Waals surface area contributed by atoms with Crippen molar-refractivity contribution in [1.29, 1.82) is 0 Å². The zero-order valence-corrected chi connectivity index (χ0v) is 8.70. The fraction of sp³-hybridized carbons (Fsp3) is 0.300. The molecule has 0 aliphatic rings. The van der Waals surface area contributed by atoms with Gasteiger partial charge in [0.2, 0.25) is 0 Å². The first kappa shape index (κ1) is 12.0. The molecule has 0 spiro atoms. The Hall–Kier alpha value is -2.04. The van der Waals surface area contributed by atoms with E-state index >= 15 is 0 Å². The highest BCUT2D eigenvalue weighted by Crippen LogP contribution is 2.14. The van der Waals surface area contributed by atoms with E-state index in [-0.39, 0.29) is 6.54 Å². The summed E-state index contributed by atoms with van der Waals surface area (Å²) in [4.78, 5) is 13.7. The lowest BCUT2D eigenvalue weighted by Crippen LogP contribution is -2.04. The largest absolute Gasteiger partial charge is 0.465 e. The monoisotopic (exact) mass is 221 g/mol. The van der Waals surface area contributed by atoms with E-state index in [0.717, 1.165) is 0 Å². The number of ether oxygens (including phenoxy) is 1. The summed E-state index contributed by atoms with van der Waals surface area (Å²) < 4.78 is 4.53. The summed E-state index contributed by atoms with van der Waals surface area (Å²) >= 11 is 0. The van der Waals surface area contributed by atoms with Gasteiger partial charge in [0.05, 0.1) is 25.3 Å². The summed E-state index contributed by atoms with van der Waals surface area (Å²) in [5.74, 6) is -0.434. The van der Waals surface area contributed by atoms with Gasteiger partial charge in [0.1, 0.15) is 0 Å². The maximum atomic E-state index is 11.1. The molecule has 0 saturated carbocycles. The first-order valence-electron chi connectivity index (χ1n) is 4.56. The molecule has 0 fully saturated rings. The third-order valence-corrected chi connectivity index (χ3v) is 2.03. The maximum absolute atomic E-state index is 11.1. The Morgan fingerprint density at radius 3 is 2.69 bits per heavy atom. The Kier molecular flexibility index (Phi) is 4.32. The second-order valence-corrected chi connectivity index (χ2v) is 3.04. The Bertz CT molecular complexity index is 410. The van der Waals surface area contributed by atoms with Crippen LogP contribution in [0.15, 0.2) is 29.4 Å². The molecule has 0 saturated heterocycles. The van der Waals surface area contributed by atoms with Crippen LogP contribution in [0.4, 0.5) is 0 Å². The molecule has 0 aliphatic carbocycles. The van der Waals surface area contributed by atoms with Gasteiger partial charge in [0, 0.05) is 4.91 Å². The quantitative estimate of drug-likeness (QED) is 0.363. The number of rotatable bonds is 4. The number of methoxy groups -OCH3 is 1. The molecule has 1 atom stereocenters. The van der Waals surface area contributed by atoms with Crippen molar-refractivity contribution in [3.8, 4) is 0 Å². The predicted molar refractivity (Wildman–Crippen MR) is 56.8 cm³/mol. The fourth-order valence-electron chi connectivity index (χ4n) is 1.18. The van der Waals surface area contributed by atoms with Crippen LogP contribution in [0.3, 0.4) is 0 Å². The third-order valence-electron chi connectivity index (χ3n) is 2.03. The van der Waals surface area contributed by atoms with Gasteiger partial charge >= 0.3 is 5.97 Å². The zero-order chi connectivity index (χ0) is 12.0. The van der Waals surface area contributed by atoms with Crippen molar-refractivity contribution < 1.29 is 14.6 Å². The molecule has 1 rings (SSSR count). The molecule has 6 nitrogen and oxygen atoms in total. The first-order valence-corrected chi connectivity index (χ1v) is 4.56. The summed E-state index contributed by atoms with van der Waals surface area (Å²) in [6, 6.07) is 6.26. The summed E-state index contributed by atoms with van der Waals surface area (Å²) in [7, 11) is 1.30. The standard InChI is InChI=1S/C10H11N3O3/c1-16-10(15)8-4-2-7(3-5-8)9(14)6-12-13-11/h2-5,9,14H,6H2,1H3. The van der Waals surface area contributed by atoms with E-state index in [1.165, 1.54) is 7.11 Å². The van der Waals surface area contributed by atoms with Crippen LogP contribution in [-0.2, 0) is 4.74 Å². The van der Waals surface area contributed by atoms with Gasteiger partial charge in [0.25, 0.3) is 0 Å². The highest BCUT2D eigenvalue weighted by atomic mass is 16.5. The van der Waals surface area contributed by atoms with Crippen molar-refractivity contribution in [2.45, 2.75) is 6.10 Å². The van der Waals surface area contributed by atoms with Crippen molar-refractivity contribution in [3.05, 3.63) is 45.8 Å². The maximum Gasteiger partial charge on any atom is 0.337 e. The molecule has 0 amide bonds. The topological polar surface area (TPSA) is 95.3 Å². The van der Waals surface area contributed by atoms with E-state index in [1.807, 2.05) is 0 Å². The van der Waals surface area contributed by atoms with Crippen molar-refractivity contribution in [1.82, 2.24) is 0 Å². The molecule has 1 unspecified atom stereocenters. The van der Waals surface area contributed by atoms with Gasteiger partial charge in [-0.3, -0.25) is 0 Å². The molecule has 1 N–H and O–H groups in total. The van der Waals surface area contributed by atoms with Crippen LogP contribution >= 0.6 is 0 Å². The number of aliphatic hydroxyl groups is 1. The molecule has 1 aromatic carbocycles. The summed E-state index contributed by atoms with van der Waals surface area (Å²) in [5, 5.41) is 12.8. The molecular formula is C10H11N3O3. The number of azide groups is 1. The van der Waals surface area contributed by atoms with Crippen LogP contribution in [0.1, 0.15) is 22.0 Å². The summed E-state index contributed by atoms with van der Waals surface area (Å²) in [6.07, 6.45) is -0.859. The van der Waals surface area contributed by atoms with Gasteiger partial charge in [0.15, 0.2) is 0 Å². The van der Waals surface area contributed by atoms with Gasteiger partial charge < -0.3 is 9.84 Å². The lowest BCUT2D eigenvalue weighted by molar-refractivity contribution is 0.0600. The number of benzene rings is 1. The molecule has 1 aromatic rings. The van der Waals surface area contributed by atoms with Gasteiger partial charge in [-0.25, -0.2) is 4.79 Å². The molecule has 6 heteroatoms. The average molecular weight is 221 g/mol. The number of carbonyl (C=O) groups is 1. The Balaban J connectivity index is 2.77. The van der Waals surface area contributed by atoms with Crippen LogP contribution in [0, 0.1) is 0 Å². The smallest absolute Gasteiger partial charge is 0.337 e.